The van der Waals surface area contributed by atoms with E-state index in [1.54, 1.807) is 0 Å². The average molecular weight is 275 g/mol. The van der Waals surface area contributed by atoms with E-state index in [0.717, 1.165) is 12.1 Å². The Morgan fingerprint density at radius 3 is 2.65 bits per heavy atom. The Balaban J connectivity index is 1.93. The maximum atomic E-state index is 12.0. The summed E-state index contributed by atoms with van der Waals surface area (Å²) in [6.07, 6.45) is 0.297. The van der Waals surface area contributed by atoms with Gasteiger partial charge in [-0.25, -0.2) is 0 Å². The SMILES string of the molecule is CN(C)Cc1ccccc1CNC(=O)C1CNC(=O)C1. The predicted octanol–water partition coefficient (Wildman–Crippen LogP) is 0.500. The van der Waals surface area contributed by atoms with E-state index in [1.165, 1.54) is 5.56 Å². The second-order valence-corrected chi connectivity index (χ2v) is 5.43. The first-order chi connectivity index (χ1) is 9.56. The summed E-state index contributed by atoms with van der Waals surface area (Å²) < 4.78 is 0. The molecule has 0 aliphatic carbocycles. The minimum atomic E-state index is -0.233. The molecule has 1 aromatic carbocycles. The van der Waals surface area contributed by atoms with Crippen LogP contribution in [0.3, 0.4) is 0 Å². The van der Waals surface area contributed by atoms with Crippen molar-refractivity contribution in [1.82, 2.24) is 15.5 Å². The van der Waals surface area contributed by atoms with Crippen molar-refractivity contribution in [1.29, 1.82) is 0 Å². The summed E-state index contributed by atoms with van der Waals surface area (Å²) in [6, 6.07) is 8.07. The summed E-state index contributed by atoms with van der Waals surface area (Å²) in [5.41, 5.74) is 2.32. The van der Waals surface area contributed by atoms with Crippen molar-refractivity contribution in [3.05, 3.63) is 35.4 Å². The van der Waals surface area contributed by atoms with Crippen molar-refractivity contribution >= 4 is 11.8 Å². The van der Waals surface area contributed by atoms with Gasteiger partial charge in [0.1, 0.15) is 0 Å². The average Bonchev–Trinajstić information content (AvgIpc) is 2.83. The van der Waals surface area contributed by atoms with Gasteiger partial charge in [-0.15, -0.1) is 0 Å². The number of hydrogen-bond acceptors (Lipinski definition) is 3. The Kier molecular flexibility index (Phi) is 4.74. The molecule has 1 atom stereocenters. The molecule has 1 unspecified atom stereocenters. The zero-order chi connectivity index (χ0) is 14.5. The lowest BCUT2D eigenvalue weighted by Gasteiger charge is -2.15. The quantitative estimate of drug-likeness (QED) is 0.822. The van der Waals surface area contributed by atoms with Crippen LogP contribution in [0.4, 0.5) is 0 Å². The maximum Gasteiger partial charge on any atom is 0.225 e. The molecule has 1 aromatic rings. The lowest BCUT2D eigenvalue weighted by molar-refractivity contribution is -0.126. The topological polar surface area (TPSA) is 61.4 Å². The van der Waals surface area contributed by atoms with Crippen LogP contribution in [-0.4, -0.2) is 37.4 Å². The largest absolute Gasteiger partial charge is 0.355 e. The van der Waals surface area contributed by atoms with Gasteiger partial charge in [0.2, 0.25) is 11.8 Å². The molecule has 0 aromatic heterocycles. The van der Waals surface area contributed by atoms with Crippen LogP contribution in [0.25, 0.3) is 0 Å². The van der Waals surface area contributed by atoms with Gasteiger partial charge in [-0.2, -0.15) is 0 Å². The fourth-order valence-electron chi connectivity index (χ4n) is 2.34. The van der Waals surface area contributed by atoms with Gasteiger partial charge in [-0.1, -0.05) is 24.3 Å². The number of amides is 2. The lowest BCUT2D eigenvalue weighted by Crippen LogP contribution is -2.31. The van der Waals surface area contributed by atoms with E-state index in [0.29, 0.717) is 19.5 Å². The molecule has 0 spiro atoms. The zero-order valence-corrected chi connectivity index (χ0v) is 12.0. The van der Waals surface area contributed by atoms with Crippen LogP contribution in [-0.2, 0) is 22.7 Å². The second-order valence-electron chi connectivity index (χ2n) is 5.43. The second kappa shape index (κ2) is 6.52. The molecule has 1 saturated heterocycles. The molecule has 5 heteroatoms. The summed E-state index contributed by atoms with van der Waals surface area (Å²) >= 11 is 0. The minimum Gasteiger partial charge on any atom is -0.355 e. The molecule has 1 heterocycles. The van der Waals surface area contributed by atoms with E-state index in [1.807, 2.05) is 32.3 Å². The highest BCUT2D eigenvalue weighted by Crippen LogP contribution is 2.12. The summed E-state index contributed by atoms with van der Waals surface area (Å²) in [4.78, 5) is 25.2. The van der Waals surface area contributed by atoms with Crippen LogP contribution in [0.5, 0.6) is 0 Å². The van der Waals surface area contributed by atoms with E-state index < -0.39 is 0 Å². The molecule has 1 aliphatic heterocycles. The van der Waals surface area contributed by atoms with Gasteiger partial charge in [-0.3, -0.25) is 9.59 Å². The Hall–Kier alpha value is -1.88. The summed E-state index contributed by atoms with van der Waals surface area (Å²) in [7, 11) is 4.04. The van der Waals surface area contributed by atoms with Crippen molar-refractivity contribution < 1.29 is 9.59 Å². The normalized spacial score (nSPS) is 18.1. The molecule has 0 radical (unpaired) electrons. The third-order valence-corrected chi connectivity index (χ3v) is 3.41. The van der Waals surface area contributed by atoms with Gasteiger partial charge < -0.3 is 15.5 Å². The van der Waals surface area contributed by atoms with E-state index in [4.69, 9.17) is 0 Å². The van der Waals surface area contributed by atoms with Crippen LogP contribution in [0, 0.1) is 5.92 Å². The van der Waals surface area contributed by atoms with E-state index in [-0.39, 0.29) is 17.7 Å². The van der Waals surface area contributed by atoms with Crippen LogP contribution in [0.15, 0.2) is 24.3 Å². The molecule has 1 aliphatic rings. The minimum absolute atomic E-state index is 0.0434. The number of rotatable bonds is 5. The summed E-state index contributed by atoms with van der Waals surface area (Å²) in [5.74, 6) is -0.329. The zero-order valence-electron chi connectivity index (χ0n) is 12.0. The van der Waals surface area contributed by atoms with Gasteiger partial charge in [0, 0.05) is 26.1 Å². The molecule has 2 N–H and O–H groups in total. The summed E-state index contributed by atoms with van der Waals surface area (Å²) in [6.45, 7) is 1.80. The molecule has 20 heavy (non-hydrogen) atoms. The Morgan fingerprint density at radius 1 is 1.35 bits per heavy atom. The molecule has 0 bridgehead atoms. The molecule has 2 rings (SSSR count). The third kappa shape index (κ3) is 3.81. The first kappa shape index (κ1) is 14.5. The highest BCUT2D eigenvalue weighted by atomic mass is 16.2. The monoisotopic (exact) mass is 275 g/mol. The standard InChI is InChI=1S/C15H21N3O2/c1-18(2)10-12-6-4-3-5-11(12)8-17-15(20)13-7-14(19)16-9-13/h3-6,13H,7-10H2,1-2H3,(H,16,19)(H,17,20). The lowest BCUT2D eigenvalue weighted by atomic mass is 10.1. The van der Waals surface area contributed by atoms with Crippen molar-refractivity contribution in [2.45, 2.75) is 19.5 Å². The van der Waals surface area contributed by atoms with Gasteiger partial charge in [0.05, 0.1) is 5.92 Å². The highest BCUT2D eigenvalue weighted by Gasteiger charge is 2.27. The van der Waals surface area contributed by atoms with Crippen molar-refractivity contribution in [3.63, 3.8) is 0 Å². The van der Waals surface area contributed by atoms with Gasteiger partial charge in [-0.05, 0) is 25.2 Å². The number of carbonyl (C=O) groups excluding carboxylic acids is 2. The Morgan fingerprint density at radius 2 is 2.05 bits per heavy atom. The van der Waals surface area contributed by atoms with Crippen LogP contribution < -0.4 is 10.6 Å². The van der Waals surface area contributed by atoms with Gasteiger partial charge in [0.25, 0.3) is 0 Å². The van der Waals surface area contributed by atoms with E-state index in [2.05, 4.69) is 21.6 Å². The first-order valence-corrected chi connectivity index (χ1v) is 6.82. The van der Waals surface area contributed by atoms with Crippen molar-refractivity contribution in [2.75, 3.05) is 20.6 Å². The van der Waals surface area contributed by atoms with Crippen LogP contribution in [0.2, 0.25) is 0 Å². The summed E-state index contributed by atoms with van der Waals surface area (Å²) in [5, 5.41) is 5.61. The van der Waals surface area contributed by atoms with Crippen LogP contribution >= 0.6 is 0 Å². The fraction of sp³-hybridized carbons (Fsp3) is 0.467. The van der Waals surface area contributed by atoms with Crippen LogP contribution in [0.1, 0.15) is 17.5 Å². The molecule has 5 nitrogen and oxygen atoms in total. The predicted molar refractivity (Wildman–Crippen MR) is 76.8 cm³/mol. The molecule has 2 amide bonds. The molecular formula is C15H21N3O2. The number of nitrogens with one attached hydrogen (secondary N) is 2. The van der Waals surface area contributed by atoms with E-state index >= 15 is 0 Å². The number of hydrogen-bond donors (Lipinski definition) is 2. The fourth-order valence-corrected chi connectivity index (χ4v) is 2.34. The van der Waals surface area contributed by atoms with Gasteiger partial charge in [0.15, 0.2) is 0 Å². The molecule has 1 fully saturated rings. The Bertz CT molecular complexity index is 500. The number of carbonyl (C=O) groups is 2. The van der Waals surface area contributed by atoms with Crippen molar-refractivity contribution in [2.24, 2.45) is 5.92 Å². The Labute approximate surface area is 119 Å². The first-order valence-electron chi connectivity index (χ1n) is 6.82. The van der Waals surface area contributed by atoms with Gasteiger partial charge >= 0.3 is 0 Å². The molecule has 108 valence electrons. The van der Waals surface area contributed by atoms with Crippen molar-refractivity contribution in [3.8, 4) is 0 Å². The van der Waals surface area contributed by atoms with E-state index in [9.17, 15) is 9.59 Å². The number of benzene rings is 1. The highest BCUT2D eigenvalue weighted by molar-refractivity contribution is 5.89. The maximum absolute atomic E-state index is 12.0. The molecule has 0 saturated carbocycles. The third-order valence-electron chi connectivity index (χ3n) is 3.41. The smallest absolute Gasteiger partial charge is 0.225 e. The molecular weight excluding hydrogens is 254 g/mol. The number of nitrogens with zero attached hydrogens (tertiary/aromatic N) is 1.